The first kappa shape index (κ1) is 16.8. The zero-order chi connectivity index (χ0) is 18.5. The number of fused-ring (bicyclic) bond motifs is 1. The summed E-state index contributed by atoms with van der Waals surface area (Å²) in [5.74, 6) is 1.05. The summed E-state index contributed by atoms with van der Waals surface area (Å²) in [4.78, 5) is 0. The van der Waals surface area contributed by atoms with E-state index in [0.29, 0.717) is 0 Å². The molecule has 0 saturated heterocycles. The maximum atomic E-state index is 6.36. The second-order valence-corrected chi connectivity index (χ2v) is 8.02. The first-order valence-corrected chi connectivity index (χ1v) is 9.23. The van der Waals surface area contributed by atoms with E-state index >= 15 is 0 Å². The average molecular weight is 344 g/mol. The highest BCUT2D eigenvalue weighted by Gasteiger charge is 2.34. The highest BCUT2D eigenvalue weighted by atomic mass is 16.5. The Labute approximate surface area is 156 Å². The Morgan fingerprint density at radius 3 is 2.42 bits per heavy atom. The normalized spacial score (nSPS) is 14.8. The molecule has 0 atom stereocenters. The lowest BCUT2D eigenvalue weighted by Crippen LogP contribution is -2.32. The third-order valence-corrected chi connectivity index (χ3v) is 5.26. The van der Waals surface area contributed by atoms with Crippen LogP contribution in [0, 0.1) is 13.8 Å². The minimum atomic E-state index is -0.136. The maximum absolute atomic E-state index is 6.36. The highest BCUT2D eigenvalue weighted by molar-refractivity contribution is 5.75. The van der Waals surface area contributed by atoms with Crippen molar-refractivity contribution in [2.45, 2.75) is 39.7 Å². The summed E-state index contributed by atoms with van der Waals surface area (Å²) in [6.07, 6.45) is 3.19. The van der Waals surface area contributed by atoms with Gasteiger partial charge in [-0.3, -0.25) is 0 Å². The third kappa shape index (κ3) is 2.80. The molecule has 2 nitrogen and oxygen atoms in total. The zero-order valence-corrected chi connectivity index (χ0v) is 16.3. The first-order valence-electron chi connectivity index (χ1n) is 9.23. The molecule has 0 saturated carbocycles. The Bertz CT molecular complexity index is 987. The van der Waals surface area contributed by atoms with Gasteiger partial charge < -0.3 is 4.74 Å². The number of hydrogen-bond acceptors (Lipinski definition) is 1. The van der Waals surface area contributed by atoms with E-state index in [1.165, 1.54) is 39.1 Å². The second-order valence-electron chi connectivity index (χ2n) is 8.02. The van der Waals surface area contributed by atoms with Crippen molar-refractivity contribution in [2.75, 3.05) is 0 Å². The van der Waals surface area contributed by atoms with Crippen molar-refractivity contribution in [1.29, 1.82) is 0 Å². The monoisotopic (exact) mass is 344 g/mol. The van der Waals surface area contributed by atoms with Gasteiger partial charge in [0.2, 0.25) is 5.69 Å². The lowest BCUT2D eigenvalue weighted by Gasteiger charge is -2.18. The molecule has 0 bridgehead atoms. The van der Waals surface area contributed by atoms with E-state index in [1.54, 1.807) is 0 Å². The molecule has 2 heterocycles. The van der Waals surface area contributed by atoms with Gasteiger partial charge in [0.25, 0.3) is 0 Å². The van der Waals surface area contributed by atoms with Gasteiger partial charge in [0.05, 0.1) is 5.56 Å². The molecule has 0 N–H and O–H groups in total. The molecule has 0 fully saturated rings. The van der Waals surface area contributed by atoms with Crippen LogP contribution >= 0.6 is 0 Å². The van der Waals surface area contributed by atoms with E-state index in [4.69, 9.17) is 4.74 Å². The number of nitrogens with zero attached hydrogens (tertiary/aromatic N) is 1. The summed E-state index contributed by atoms with van der Waals surface area (Å²) in [6.45, 7) is 8.69. The van der Waals surface area contributed by atoms with Crippen molar-refractivity contribution < 1.29 is 9.30 Å². The van der Waals surface area contributed by atoms with Crippen molar-refractivity contribution in [3.8, 4) is 28.1 Å². The molecule has 26 heavy (non-hydrogen) atoms. The number of pyridine rings is 1. The van der Waals surface area contributed by atoms with E-state index < -0.39 is 0 Å². The number of hydrogen-bond donors (Lipinski definition) is 0. The molecule has 0 spiro atoms. The third-order valence-electron chi connectivity index (χ3n) is 5.26. The largest absolute Gasteiger partial charge is 0.486 e. The molecule has 1 aliphatic heterocycles. The fourth-order valence-electron chi connectivity index (χ4n) is 3.99. The van der Waals surface area contributed by atoms with Gasteiger partial charge in [0, 0.05) is 18.1 Å². The first-order chi connectivity index (χ1) is 12.4. The van der Waals surface area contributed by atoms with Crippen LogP contribution in [0.15, 0.2) is 54.7 Å². The predicted molar refractivity (Wildman–Crippen MR) is 106 cm³/mol. The lowest BCUT2D eigenvalue weighted by molar-refractivity contribution is -0.660. The number of aryl methyl sites for hydroxylation is 3. The molecule has 0 radical (unpaired) electrons. The Morgan fingerprint density at radius 2 is 1.69 bits per heavy atom. The number of ether oxygens (including phenoxy) is 1. The summed E-state index contributed by atoms with van der Waals surface area (Å²) in [7, 11) is 2.13. The Balaban J connectivity index is 1.89. The van der Waals surface area contributed by atoms with E-state index in [-0.39, 0.29) is 5.60 Å². The summed E-state index contributed by atoms with van der Waals surface area (Å²) >= 11 is 0. The fourth-order valence-corrected chi connectivity index (χ4v) is 3.99. The topological polar surface area (TPSA) is 13.1 Å². The molecule has 2 aromatic carbocycles. The van der Waals surface area contributed by atoms with Gasteiger partial charge in [0.15, 0.2) is 6.20 Å². The van der Waals surface area contributed by atoms with Gasteiger partial charge >= 0.3 is 0 Å². The van der Waals surface area contributed by atoms with Gasteiger partial charge in [-0.2, -0.15) is 0 Å². The van der Waals surface area contributed by atoms with Gasteiger partial charge in [-0.15, -0.1) is 0 Å². The molecule has 2 heteroatoms. The van der Waals surface area contributed by atoms with E-state index in [9.17, 15) is 0 Å². The lowest BCUT2D eigenvalue weighted by atomic mass is 9.95. The molecule has 1 aliphatic rings. The van der Waals surface area contributed by atoms with Crippen molar-refractivity contribution in [2.24, 2.45) is 7.05 Å². The van der Waals surface area contributed by atoms with Crippen LogP contribution in [0.5, 0.6) is 5.75 Å². The van der Waals surface area contributed by atoms with Crippen molar-refractivity contribution in [3.05, 3.63) is 71.4 Å². The molecule has 0 unspecified atom stereocenters. The minimum absolute atomic E-state index is 0.136. The van der Waals surface area contributed by atoms with Crippen LogP contribution in [0.1, 0.15) is 30.5 Å². The molecule has 0 aliphatic carbocycles. The van der Waals surface area contributed by atoms with Crippen LogP contribution in [0.2, 0.25) is 0 Å². The molecule has 4 rings (SSSR count). The molecule has 3 aromatic rings. The van der Waals surface area contributed by atoms with E-state index in [0.717, 1.165) is 12.2 Å². The smallest absolute Gasteiger partial charge is 0.216 e. The van der Waals surface area contributed by atoms with E-state index in [2.05, 4.69) is 94.0 Å². The summed E-state index contributed by atoms with van der Waals surface area (Å²) in [5.41, 5.74) is 8.64. The molecule has 1 aromatic heterocycles. The van der Waals surface area contributed by atoms with Gasteiger partial charge in [-0.05, 0) is 49.9 Å². The van der Waals surface area contributed by atoms with Crippen LogP contribution < -0.4 is 9.30 Å². The summed E-state index contributed by atoms with van der Waals surface area (Å²) in [6, 6.07) is 17.3. The number of benzene rings is 2. The van der Waals surface area contributed by atoms with Gasteiger partial charge in [-0.25, -0.2) is 4.57 Å². The Kier molecular flexibility index (Phi) is 3.87. The summed E-state index contributed by atoms with van der Waals surface area (Å²) < 4.78 is 8.59. The predicted octanol–water partition coefficient (Wildman–Crippen LogP) is 5.18. The standard InChI is InChI=1S/C24H26NO/c1-16-11-12-19-14-24(3,4)26-23(19)22(16)21-13-17(2)20(15-25(21)5)18-9-7-6-8-10-18/h6-13,15H,14H2,1-5H3/q+1. The average Bonchev–Trinajstić information content (AvgIpc) is 2.92. The van der Waals surface area contributed by atoms with Crippen LogP contribution in [0.4, 0.5) is 0 Å². The zero-order valence-electron chi connectivity index (χ0n) is 16.3. The quantitative estimate of drug-likeness (QED) is 0.584. The SMILES string of the molecule is Cc1cc(-c2c(C)ccc3c2OC(C)(C)C3)[n+](C)cc1-c1ccccc1. The van der Waals surface area contributed by atoms with Crippen molar-refractivity contribution in [1.82, 2.24) is 0 Å². The Morgan fingerprint density at radius 1 is 0.962 bits per heavy atom. The number of rotatable bonds is 2. The molecule has 132 valence electrons. The van der Waals surface area contributed by atoms with Crippen molar-refractivity contribution >= 4 is 0 Å². The van der Waals surface area contributed by atoms with Gasteiger partial charge in [0.1, 0.15) is 18.4 Å². The Hall–Kier alpha value is -2.61. The highest BCUT2D eigenvalue weighted by Crippen LogP contribution is 2.43. The number of aromatic nitrogens is 1. The van der Waals surface area contributed by atoms with E-state index in [1.807, 2.05) is 0 Å². The van der Waals surface area contributed by atoms with Crippen LogP contribution in [-0.4, -0.2) is 5.60 Å². The van der Waals surface area contributed by atoms with Gasteiger partial charge in [-0.1, -0.05) is 42.5 Å². The van der Waals surface area contributed by atoms with Crippen molar-refractivity contribution in [3.63, 3.8) is 0 Å². The van der Waals surface area contributed by atoms with Crippen LogP contribution in [-0.2, 0) is 13.5 Å². The van der Waals surface area contributed by atoms with Crippen LogP contribution in [0.25, 0.3) is 22.4 Å². The minimum Gasteiger partial charge on any atom is -0.486 e. The summed E-state index contributed by atoms with van der Waals surface area (Å²) in [5, 5.41) is 0. The second kappa shape index (κ2) is 5.98. The fraction of sp³-hybridized carbons (Fsp3) is 0.292. The molecular formula is C24H26NO+. The maximum Gasteiger partial charge on any atom is 0.216 e. The molecule has 0 amide bonds. The van der Waals surface area contributed by atoms with Crippen LogP contribution in [0.3, 0.4) is 0 Å². The molecular weight excluding hydrogens is 318 g/mol.